The molecule has 1 rings (SSSR count). The predicted molar refractivity (Wildman–Crippen MR) is 68.4 cm³/mol. The number of anilines is 1. The number of rotatable bonds is 7. The highest BCUT2D eigenvalue weighted by Gasteiger charge is 2.01. The molecule has 4 N–H and O–H groups in total. The second-order valence-electron chi connectivity index (χ2n) is 4.14. The van der Waals surface area contributed by atoms with Crippen molar-refractivity contribution >= 4 is 5.69 Å². The topological polar surface area (TPSA) is 58.3 Å². The first-order chi connectivity index (χ1) is 7.76. The average molecular weight is 222 g/mol. The van der Waals surface area contributed by atoms with E-state index in [2.05, 4.69) is 12.2 Å². The summed E-state index contributed by atoms with van der Waals surface area (Å²) in [5.41, 5.74) is 7.95. The number of aliphatic hydroxyl groups is 1. The molecule has 1 aromatic carbocycles. The molecule has 0 heterocycles. The zero-order valence-corrected chi connectivity index (χ0v) is 9.95. The number of hydrogen-bond donors (Lipinski definition) is 3. The van der Waals surface area contributed by atoms with Gasteiger partial charge in [-0.3, -0.25) is 0 Å². The van der Waals surface area contributed by atoms with Crippen LogP contribution in [0.25, 0.3) is 0 Å². The van der Waals surface area contributed by atoms with Gasteiger partial charge in [0.05, 0.1) is 6.61 Å². The number of nitrogens with one attached hydrogen (secondary N) is 1. The van der Waals surface area contributed by atoms with Crippen LogP contribution in [0.2, 0.25) is 0 Å². The van der Waals surface area contributed by atoms with Crippen LogP contribution in [0.15, 0.2) is 24.3 Å². The van der Waals surface area contributed by atoms with Gasteiger partial charge in [-0.2, -0.15) is 0 Å². The number of aliphatic hydroxyl groups excluding tert-OH is 1. The summed E-state index contributed by atoms with van der Waals surface area (Å²) in [6.07, 6.45) is 3.45. The van der Waals surface area contributed by atoms with Gasteiger partial charge in [-0.1, -0.05) is 31.9 Å². The van der Waals surface area contributed by atoms with E-state index in [0.29, 0.717) is 0 Å². The standard InChI is InChI=1S/C13H22N2O/c1-2-3-4-12(14)9-15-13-7-5-11(10-16)6-8-13/h5-8,12,15-16H,2-4,9-10,14H2,1H3. The Balaban J connectivity index is 2.30. The van der Waals surface area contributed by atoms with Crippen molar-refractivity contribution in [2.75, 3.05) is 11.9 Å². The van der Waals surface area contributed by atoms with Gasteiger partial charge in [0.15, 0.2) is 0 Å². The first-order valence-corrected chi connectivity index (χ1v) is 5.95. The van der Waals surface area contributed by atoms with Crippen LogP contribution in [0.5, 0.6) is 0 Å². The third kappa shape index (κ3) is 4.64. The molecule has 0 fully saturated rings. The second-order valence-corrected chi connectivity index (χ2v) is 4.14. The number of hydrogen-bond acceptors (Lipinski definition) is 3. The van der Waals surface area contributed by atoms with E-state index in [-0.39, 0.29) is 12.6 Å². The zero-order valence-electron chi connectivity index (χ0n) is 9.95. The summed E-state index contributed by atoms with van der Waals surface area (Å²) >= 11 is 0. The number of nitrogens with two attached hydrogens (primary N) is 1. The van der Waals surface area contributed by atoms with Crippen LogP contribution >= 0.6 is 0 Å². The fourth-order valence-electron chi connectivity index (χ4n) is 1.55. The normalized spacial score (nSPS) is 12.4. The molecule has 1 atom stereocenters. The Bertz CT molecular complexity index is 284. The van der Waals surface area contributed by atoms with Crippen molar-refractivity contribution in [2.45, 2.75) is 38.8 Å². The van der Waals surface area contributed by atoms with Gasteiger partial charge >= 0.3 is 0 Å². The predicted octanol–water partition coefficient (Wildman–Crippen LogP) is 2.11. The van der Waals surface area contributed by atoms with E-state index in [9.17, 15) is 0 Å². The molecule has 0 amide bonds. The van der Waals surface area contributed by atoms with Gasteiger partial charge in [-0.05, 0) is 24.1 Å². The molecule has 1 aromatic rings. The van der Waals surface area contributed by atoms with Gasteiger partial charge in [0.1, 0.15) is 0 Å². The van der Waals surface area contributed by atoms with Crippen molar-refractivity contribution < 1.29 is 5.11 Å². The van der Waals surface area contributed by atoms with Crippen molar-refractivity contribution in [3.63, 3.8) is 0 Å². The minimum atomic E-state index is 0.0935. The Morgan fingerprint density at radius 2 is 2.00 bits per heavy atom. The fraction of sp³-hybridized carbons (Fsp3) is 0.538. The van der Waals surface area contributed by atoms with Gasteiger partial charge in [-0.25, -0.2) is 0 Å². The van der Waals surface area contributed by atoms with E-state index in [1.54, 1.807) is 0 Å². The van der Waals surface area contributed by atoms with Crippen molar-refractivity contribution in [1.82, 2.24) is 0 Å². The molecular weight excluding hydrogens is 200 g/mol. The summed E-state index contributed by atoms with van der Waals surface area (Å²) < 4.78 is 0. The van der Waals surface area contributed by atoms with Gasteiger partial charge in [-0.15, -0.1) is 0 Å². The smallest absolute Gasteiger partial charge is 0.0681 e. The molecule has 0 spiro atoms. The highest BCUT2D eigenvalue weighted by molar-refractivity contribution is 5.44. The monoisotopic (exact) mass is 222 g/mol. The Kier molecular flexibility index (Phi) is 5.90. The van der Waals surface area contributed by atoms with Crippen molar-refractivity contribution in [2.24, 2.45) is 5.73 Å². The van der Waals surface area contributed by atoms with E-state index in [4.69, 9.17) is 10.8 Å². The Labute approximate surface area is 97.7 Å². The molecule has 0 aliphatic carbocycles. The maximum Gasteiger partial charge on any atom is 0.0681 e. The summed E-state index contributed by atoms with van der Waals surface area (Å²) in [5, 5.41) is 12.2. The van der Waals surface area contributed by atoms with E-state index in [0.717, 1.165) is 24.2 Å². The quantitative estimate of drug-likeness (QED) is 0.662. The van der Waals surface area contributed by atoms with E-state index in [1.165, 1.54) is 12.8 Å². The van der Waals surface area contributed by atoms with E-state index >= 15 is 0 Å². The van der Waals surface area contributed by atoms with Gasteiger partial charge in [0.25, 0.3) is 0 Å². The first-order valence-electron chi connectivity index (χ1n) is 5.95. The Hall–Kier alpha value is -1.06. The molecular formula is C13H22N2O. The zero-order chi connectivity index (χ0) is 11.8. The number of benzene rings is 1. The lowest BCUT2D eigenvalue weighted by Crippen LogP contribution is -2.28. The second kappa shape index (κ2) is 7.25. The van der Waals surface area contributed by atoms with Gasteiger partial charge < -0.3 is 16.2 Å². The van der Waals surface area contributed by atoms with Crippen molar-refractivity contribution in [3.8, 4) is 0 Å². The van der Waals surface area contributed by atoms with E-state index in [1.807, 2.05) is 24.3 Å². The lowest BCUT2D eigenvalue weighted by Gasteiger charge is -2.13. The average Bonchev–Trinajstić information content (AvgIpc) is 2.34. The molecule has 3 nitrogen and oxygen atoms in total. The van der Waals surface area contributed by atoms with Crippen LogP contribution < -0.4 is 11.1 Å². The van der Waals surface area contributed by atoms with E-state index < -0.39 is 0 Å². The van der Waals surface area contributed by atoms with Crippen LogP contribution in [0.1, 0.15) is 31.7 Å². The largest absolute Gasteiger partial charge is 0.392 e. The maximum absolute atomic E-state index is 8.90. The lowest BCUT2D eigenvalue weighted by molar-refractivity contribution is 0.282. The Morgan fingerprint density at radius 1 is 1.31 bits per heavy atom. The summed E-state index contributed by atoms with van der Waals surface area (Å²) in [5.74, 6) is 0. The lowest BCUT2D eigenvalue weighted by atomic mass is 10.1. The summed E-state index contributed by atoms with van der Waals surface area (Å²) in [6, 6.07) is 7.99. The van der Waals surface area contributed by atoms with Gasteiger partial charge in [0, 0.05) is 18.3 Å². The Morgan fingerprint density at radius 3 is 2.56 bits per heavy atom. The molecule has 0 aliphatic rings. The van der Waals surface area contributed by atoms with Crippen LogP contribution in [0.3, 0.4) is 0 Å². The molecule has 0 aromatic heterocycles. The van der Waals surface area contributed by atoms with Crippen molar-refractivity contribution in [3.05, 3.63) is 29.8 Å². The minimum Gasteiger partial charge on any atom is -0.392 e. The SMILES string of the molecule is CCCCC(N)CNc1ccc(CO)cc1. The molecule has 1 unspecified atom stereocenters. The van der Waals surface area contributed by atoms with Crippen LogP contribution in [-0.4, -0.2) is 17.7 Å². The van der Waals surface area contributed by atoms with Crippen LogP contribution in [0.4, 0.5) is 5.69 Å². The molecule has 0 aliphatic heterocycles. The molecule has 90 valence electrons. The molecule has 0 radical (unpaired) electrons. The highest BCUT2D eigenvalue weighted by Crippen LogP contribution is 2.09. The molecule has 3 heteroatoms. The summed E-state index contributed by atoms with van der Waals surface area (Å²) in [4.78, 5) is 0. The molecule has 16 heavy (non-hydrogen) atoms. The van der Waals surface area contributed by atoms with Crippen LogP contribution in [-0.2, 0) is 6.61 Å². The first kappa shape index (κ1) is 13.0. The van der Waals surface area contributed by atoms with Crippen molar-refractivity contribution in [1.29, 1.82) is 0 Å². The number of unbranched alkanes of at least 4 members (excludes halogenated alkanes) is 1. The maximum atomic E-state index is 8.90. The molecule has 0 saturated heterocycles. The van der Waals surface area contributed by atoms with Gasteiger partial charge in [0.2, 0.25) is 0 Å². The van der Waals surface area contributed by atoms with Crippen LogP contribution in [0, 0.1) is 0 Å². The third-order valence-corrected chi connectivity index (χ3v) is 2.63. The molecule has 0 saturated carbocycles. The summed E-state index contributed by atoms with van der Waals surface area (Å²) in [7, 11) is 0. The minimum absolute atomic E-state index is 0.0935. The fourth-order valence-corrected chi connectivity index (χ4v) is 1.55. The summed E-state index contributed by atoms with van der Waals surface area (Å²) in [6.45, 7) is 3.07. The highest BCUT2D eigenvalue weighted by atomic mass is 16.3. The molecule has 0 bridgehead atoms. The third-order valence-electron chi connectivity index (χ3n) is 2.63.